The summed E-state index contributed by atoms with van der Waals surface area (Å²) >= 11 is 0.939. The van der Waals surface area contributed by atoms with Crippen molar-refractivity contribution >= 4 is 29.0 Å². The summed E-state index contributed by atoms with van der Waals surface area (Å²) in [5.74, 6) is 2.60. The van der Waals surface area contributed by atoms with Crippen molar-refractivity contribution in [1.82, 2.24) is 5.32 Å². The second-order valence-corrected chi connectivity index (χ2v) is 11.4. The van der Waals surface area contributed by atoms with E-state index >= 15 is 0 Å². The molecule has 32 heavy (non-hydrogen) atoms. The fourth-order valence-corrected chi connectivity index (χ4v) is 7.92. The van der Waals surface area contributed by atoms with Crippen LogP contribution in [-0.2, 0) is 10.2 Å². The van der Waals surface area contributed by atoms with Gasteiger partial charge in [0, 0.05) is 5.56 Å². The van der Waals surface area contributed by atoms with Crippen LogP contribution in [0.5, 0.6) is 5.75 Å². The number of phenolic OH excluding ortho intramolecular Hbond substituents is 1. The zero-order valence-corrected chi connectivity index (χ0v) is 19.0. The number of hydrogen-bond donors (Lipinski definition) is 2. The lowest BCUT2D eigenvalue weighted by Crippen LogP contribution is -2.48. The third-order valence-corrected chi connectivity index (χ3v) is 8.92. The predicted molar refractivity (Wildman–Crippen MR) is 127 cm³/mol. The molecule has 5 aliphatic rings. The Kier molecular flexibility index (Phi) is 4.55. The molecule has 4 nitrogen and oxygen atoms in total. The highest BCUT2D eigenvalue weighted by atomic mass is 32.2. The second-order valence-electron chi connectivity index (χ2n) is 10.4. The summed E-state index contributed by atoms with van der Waals surface area (Å²) in [6.45, 7) is 2.07. The number of aryl methyl sites for hydroxylation is 1. The van der Waals surface area contributed by atoms with E-state index in [1.54, 1.807) is 6.08 Å². The average molecular weight is 446 g/mol. The molecule has 4 saturated carbocycles. The molecule has 0 radical (unpaired) electrons. The molecule has 2 amide bonds. The van der Waals surface area contributed by atoms with Crippen LogP contribution in [-0.4, -0.2) is 16.3 Å². The van der Waals surface area contributed by atoms with Gasteiger partial charge in [-0.2, -0.15) is 0 Å². The van der Waals surface area contributed by atoms with E-state index in [-0.39, 0.29) is 16.6 Å². The fourth-order valence-electron chi connectivity index (χ4n) is 7.24. The smallest absolute Gasteiger partial charge is 0.290 e. The number of hydrogen-bond acceptors (Lipinski definition) is 4. The Balaban J connectivity index is 1.35. The molecule has 1 heterocycles. The van der Waals surface area contributed by atoms with E-state index in [0.717, 1.165) is 57.3 Å². The van der Waals surface area contributed by atoms with E-state index in [4.69, 9.17) is 0 Å². The van der Waals surface area contributed by atoms with Crippen LogP contribution in [0.25, 0.3) is 17.2 Å². The number of phenols is 1. The van der Waals surface area contributed by atoms with E-state index in [1.165, 1.54) is 38.5 Å². The minimum absolute atomic E-state index is 0.146. The Morgan fingerprint density at radius 3 is 2.28 bits per heavy atom. The van der Waals surface area contributed by atoms with Crippen molar-refractivity contribution in [3.05, 3.63) is 58.0 Å². The fraction of sp³-hybridized carbons (Fsp3) is 0.407. The maximum atomic E-state index is 11.8. The average Bonchev–Trinajstić information content (AvgIpc) is 3.04. The molecule has 0 spiro atoms. The highest BCUT2D eigenvalue weighted by molar-refractivity contribution is 8.18. The maximum absolute atomic E-state index is 11.8. The number of thioether (sulfide) groups is 1. The molecule has 164 valence electrons. The number of nitrogens with one attached hydrogen (secondary N) is 1. The quantitative estimate of drug-likeness (QED) is 0.555. The molecule has 5 heteroatoms. The number of amides is 2. The van der Waals surface area contributed by atoms with Gasteiger partial charge in [0.25, 0.3) is 11.1 Å². The third-order valence-electron chi connectivity index (χ3n) is 8.11. The molecule has 2 aromatic carbocycles. The Labute approximate surface area is 192 Å². The predicted octanol–water partition coefficient (Wildman–Crippen LogP) is 6.16. The summed E-state index contributed by atoms with van der Waals surface area (Å²) < 4.78 is 0. The van der Waals surface area contributed by atoms with Crippen molar-refractivity contribution in [2.45, 2.75) is 50.9 Å². The summed E-state index contributed by atoms with van der Waals surface area (Å²) in [7, 11) is 0. The van der Waals surface area contributed by atoms with E-state index in [0.29, 0.717) is 10.7 Å². The van der Waals surface area contributed by atoms with Crippen molar-refractivity contribution in [3.8, 4) is 16.9 Å². The maximum Gasteiger partial charge on any atom is 0.290 e. The van der Waals surface area contributed by atoms with Gasteiger partial charge >= 0.3 is 0 Å². The van der Waals surface area contributed by atoms with Crippen LogP contribution < -0.4 is 5.32 Å². The molecular formula is C27H27NO3S. The minimum Gasteiger partial charge on any atom is -0.508 e. The van der Waals surface area contributed by atoms with Gasteiger partial charge in [0.15, 0.2) is 0 Å². The molecule has 7 rings (SSSR count). The van der Waals surface area contributed by atoms with Gasteiger partial charge < -0.3 is 5.11 Å². The van der Waals surface area contributed by atoms with Crippen LogP contribution in [0.15, 0.2) is 41.3 Å². The first-order valence-electron chi connectivity index (χ1n) is 11.6. The summed E-state index contributed by atoms with van der Waals surface area (Å²) in [6, 6.07) is 12.3. The number of carbonyl (C=O) groups is 2. The van der Waals surface area contributed by atoms with Gasteiger partial charge in [0.2, 0.25) is 0 Å². The van der Waals surface area contributed by atoms with E-state index < -0.39 is 0 Å². The number of rotatable bonds is 3. The number of imide groups is 1. The van der Waals surface area contributed by atoms with E-state index in [9.17, 15) is 14.7 Å². The zero-order chi connectivity index (χ0) is 22.0. The summed E-state index contributed by atoms with van der Waals surface area (Å²) in [5, 5.41) is 12.9. The van der Waals surface area contributed by atoms with Crippen molar-refractivity contribution in [3.63, 3.8) is 0 Å². The molecule has 4 bridgehead atoms. The lowest BCUT2D eigenvalue weighted by molar-refractivity contribution is -0.115. The van der Waals surface area contributed by atoms with Gasteiger partial charge in [-0.3, -0.25) is 14.9 Å². The molecule has 5 fully saturated rings. The van der Waals surface area contributed by atoms with E-state index in [1.807, 2.05) is 18.2 Å². The molecule has 2 aromatic rings. The minimum atomic E-state index is -0.333. The van der Waals surface area contributed by atoms with Gasteiger partial charge in [-0.1, -0.05) is 24.3 Å². The van der Waals surface area contributed by atoms with Gasteiger partial charge in [-0.25, -0.2) is 0 Å². The largest absolute Gasteiger partial charge is 0.508 e. The lowest BCUT2D eigenvalue weighted by Gasteiger charge is -2.57. The molecule has 0 aromatic heterocycles. The first kappa shape index (κ1) is 20.1. The van der Waals surface area contributed by atoms with Crippen LogP contribution in [0, 0.1) is 24.7 Å². The highest BCUT2D eigenvalue weighted by Crippen LogP contribution is 2.62. The van der Waals surface area contributed by atoms with Crippen molar-refractivity contribution in [1.29, 1.82) is 0 Å². The van der Waals surface area contributed by atoms with Crippen LogP contribution in [0.4, 0.5) is 4.79 Å². The molecule has 0 unspecified atom stereocenters. The van der Waals surface area contributed by atoms with Gasteiger partial charge in [-0.15, -0.1) is 0 Å². The first-order chi connectivity index (χ1) is 15.4. The third kappa shape index (κ3) is 3.29. The monoisotopic (exact) mass is 445 g/mol. The Hall–Kier alpha value is -2.53. The van der Waals surface area contributed by atoms with Crippen molar-refractivity contribution in [2.75, 3.05) is 0 Å². The van der Waals surface area contributed by atoms with Crippen LogP contribution in [0.3, 0.4) is 0 Å². The van der Waals surface area contributed by atoms with Crippen molar-refractivity contribution in [2.24, 2.45) is 17.8 Å². The lowest BCUT2D eigenvalue weighted by atomic mass is 9.48. The van der Waals surface area contributed by atoms with Gasteiger partial charge in [0.05, 0.1) is 4.91 Å². The summed E-state index contributed by atoms with van der Waals surface area (Å²) in [6.07, 6.45) is 9.59. The van der Waals surface area contributed by atoms with Crippen molar-refractivity contribution < 1.29 is 14.7 Å². The van der Waals surface area contributed by atoms with Gasteiger partial charge in [-0.05, 0) is 121 Å². The van der Waals surface area contributed by atoms with E-state index in [2.05, 4.69) is 30.4 Å². The zero-order valence-electron chi connectivity index (χ0n) is 18.2. The molecule has 1 saturated heterocycles. The number of aromatic hydroxyl groups is 1. The standard InChI is InChI=1S/C27H27NO3S/c1-15-6-16(10-24-25(30)28-26(31)32-24)2-4-21(15)20-3-5-23(29)22(11-20)27-12-17-7-18(13-27)9-19(8-17)14-27/h2-6,10-11,17-19,29H,7-9,12-14H2,1H3,(H,28,30,31). The molecule has 2 N–H and O–H groups in total. The number of benzene rings is 2. The first-order valence-corrected chi connectivity index (χ1v) is 12.4. The van der Waals surface area contributed by atoms with Crippen LogP contribution >= 0.6 is 11.8 Å². The SMILES string of the molecule is Cc1cc(C=C2SC(=O)NC2=O)ccc1-c1ccc(O)c(C23CC4CC(CC(C4)C2)C3)c1. The molecule has 0 atom stereocenters. The Morgan fingerprint density at radius 2 is 1.69 bits per heavy atom. The second kappa shape index (κ2) is 7.24. The Bertz CT molecular complexity index is 1150. The summed E-state index contributed by atoms with van der Waals surface area (Å²) in [5.41, 5.74) is 5.57. The Morgan fingerprint density at radius 1 is 1.00 bits per heavy atom. The highest BCUT2D eigenvalue weighted by Gasteiger charge is 2.52. The molecule has 4 aliphatic carbocycles. The topological polar surface area (TPSA) is 66.4 Å². The van der Waals surface area contributed by atoms with Crippen LogP contribution in [0.2, 0.25) is 0 Å². The molecular weight excluding hydrogens is 418 g/mol. The normalized spacial score (nSPS) is 32.0. The summed E-state index contributed by atoms with van der Waals surface area (Å²) in [4.78, 5) is 23.7. The van der Waals surface area contributed by atoms with Gasteiger partial charge in [0.1, 0.15) is 5.75 Å². The molecule has 1 aliphatic heterocycles. The number of carbonyl (C=O) groups excluding carboxylic acids is 2. The van der Waals surface area contributed by atoms with Crippen LogP contribution in [0.1, 0.15) is 55.2 Å².